The fourth-order valence-corrected chi connectivity index (χ4v) is 6.31. The Bertz CT molecular complexity index is 1560. The summed E-state index contributed by atoms with van der Waals surface area (Å²) in [6, 6.07) is 29.3. The molecule has 5 rings (SSSR count). The molecule has 6 heteroatoms. The quantitative estimate of drug-likeness (QED) is 0.198. The number of nitrogens with two attached hydrogens (primary N) is 2. The number of nitrogens with one attached hydrogen (secondary N) is 1. The first-order valence-corrected chi connectivity index (χ1v) is 14.9. The molecule has 4 aromatic carbocycles. The van der Waals surface area contributed by atoms with E-state index in [4.69, 9.17) is 16.9 Å². The average Bonchev–Trinajstić information content (AvgIpc) is 2.96. The minimum absolute atomic E-state index is 0.0129. The van der Waals surface area contributed by atoms with Gasteiger partial charge in [-0.2, -0.15) is 0 Å². The lowest BCUT2D eigenvalue weighted by molar-refractivity contribution is -0.136. The number of carbonyl (C=O) groups is 1. The molecule has 0 spiro atoms. The third-order valence-electron chi connectivity index (χ3n) is 8.63. The van der Waals surface area contributed by atoms with Gasteiger partial charge in [0.05, 0.1) is 6.42 Å². The van der Waals surface area contributed by atoms with Gasteiger partial charge in [-0.25, -0.2) is 0 Å². The number of hydrogen-bond donors (Lipinski definition) is 3. The number of aryl methyl sites for hydroxylation is 2. The van der Waals surface area contributed by atoms with Gasteiger partial charge >= 0.3 is 0 Å². The van der Waals surface area contributed by atoms with Crippen LogP contribution in [0.25, 0.3) is 10.8 Å². The van der Waals surface area contributed by atoms with Crippen LogP contribution in [0.1, 0.15) is 40.3 Å². The van der Waals surface area contributed by atoms with Gasteiger partial charge in [-0.3, -0.25) is 15.1 Å². The molecule has 1 heterocycles. The van der Waals surface area contributed by atoms with Gasteiger partial charge in [0.2, 0.25) is 5.91 Å². The van der Waals surface area contributed by atoms with Crippen LogP contribution in [0, 0.1) is 19.3 Å². The van der Waals surface area contributed by atoms with E-state index in [0.29, 0.717) is 13.0 Å². The Kier molecular flexibility index (Phi) is 9.05. The highest BCUT2D eigenvalue weighted by atomic mass is 16.2. The molecule has 1 fully saturated rings. The standard InChI is InChI=1S/C36H43N5O/c1-24-8-12-31(25(2)16-24)20-33(37)22-40-21-26(3)41(23-34(40)18-27-9-14-30(15-10-27)36(38)39)35(42)19-28-11-13-29-6-4-5-7-32(29)17-28/h4-17,26,33-34H,18-23,37H2,1-3H3,(H3,38,39). The van der Waals surface area contributed by atoms with Gasteiger partial charge in [-0.05, 0) is 66.6 Å². The molecule has 1 aliphatic rings. The summed E-state index contributed by atoms with van der Waals surface area (Å²) in [5, 5.41) is 10.1. The Balaban J connectivity index is 1.33. The molecule has 218 valence electrons. The van der Waals surface area contributed by atoms with Gasteiger partial charge in [-0.15, -0.1) is 0 Å². The van der Waals surface area contributed by atoms with E-state index in [1.54, 1.807) is 0 Å². The Labute approximate surface area is 249 Å². The third kappa shape index (κ3) is 7.07. The van der Waals surface area contributed by atoms with E-state index in [9.17, 15) is 4.79 Å². The van der Waals surface area contributed by atoms with Crippen molar-refractivity contribution in [2.45, 2.75) is 58.2 Å². The number of amidine groups is 1. The zero-order valence-corrected chi connectivity index (χ0v) is 25.0. The highest BCUT2D eigenvalue weighted by Gasteiger charge is 2.35. The summed E-state index contributed by atoms with van der Waals surface area (Å²) in [7, 11) is 0. The maximum Gasteiger partial charge on any atom is 0.227 e. The molecule has 3 unspecified atom stereocenters. The molecule has 1 amide bonds. The van der Waals surface area contributed by atoms with E-state index in [-0.39, 0.29) is 29.9 Å². The molecule has 1 aliphatic heterocycles. The maximum absolute atomic E-state index is 13.7. The summed E-state index contributed by atoms with van der Waals surface area (Å²) in [6.07, 6.45) is 2.00. The van der Waals surface area contributed by atoms with Crippen molar-refractivity contribution >= 4 is 22.5 Å². The number of carbonyl (C=O) groups excluding carboxylic acids is 1. The van der Waals surface area contributed by atoms with E-state index in [2.05, 4.69) is 79.1 Å². The van der Waals surface area contributed by atoms with Gasteiger partial charge in [0.25, 0.3) is 0 Å². The van der Waals surface area contributed by atoms with Gasteiger partial charge in [-0.1, -0.05) is 90.5 Å². The minimum atomic E-state index is -0.0129. The lowest BCUT2D eigenvalue weighted by atomic mass is 9.95. The van der Waals surface area contributed by atoms with Crippen molar-refractivity contribution in [2.75, 3.05) is 19.6 Å². The van der Waals surface area contributed by atoms with Gasteiger partial charge in [0, 0.05) is 43.3 Å². The summed E-state index contributed by atoms with van der Waals surface area (Å²) >= 11 is 0. The molecule has 0 radical (unpaired) electrons. The second-order valence-electron chi connectivity index (χ2n) is 12.1. The van der Waals surface area contributed by atoms with Crippen molar-refractivity contribution in [2.24, 2.45) is 11.5 Å². The second kappa shape index (κ2) is 12.9. The van der Waals surface area contributed by atoms with Crippen LogP contribution in [0.2, 0.25) is 0 Å². The fraction of sp³-hybridized carbons (Fsp3) is 0.333. The highest BCUT2D eigenvalue weighted by molar-refractivity contribution is 5.94. The molecule has 1 saturated heterocycles. The lowest BCUT2D eigenvalue weighted by Crippen LogP contribution is -2.61. The number of fused-ring (bicyclic) bond motifs is 1. The number of amides is 1. The van der Waals surface area contributed by atoms with Crippen molar-refractivity contribution in [1.82, 2.24) is 9.80 Å². The van der Waals surface area contributed by atoms with Crippen LogP contribution < -0.4 is 11.5 Å². The Hall–Kier alpha value is -4.00. The van der Waals surface area contributed by atoms with Gasteiger partial charge in [0.1, 0.15) is 5.84 Å². The topological polar surface area (TPSA) is 99.4 Å². The summed E-state index contributed by atoms with van der Waals surface area (Å²) in [5.74, 6) is 0.228. The van der Waals surface area contributed by atoms with Crippen molar-refractivity contribution in [3.05, 3.63) is 118 Å². The van der Waals surface area contributed by atoms with Crippen LogP contribution >= 0.6 is 0 Å². The van der Waals surface area contributed by atoms with Crippen molar-refractivity contribution < 1.29 is 4.79 Å². The molecule has 0 aliphatic carbocycles. The molecule has 5 N–H and O–H groups in total. The SMILES string of the molecule is Cc1ccc(CC(N)CN2CC(C)N(C(=O)Cc3ccc4ccccc4c3)CC2Cc2ccc(C(=N)N)cc2)c(C)c1. The molecular weight excluding hydrogens is 518 g/mol. The zero-order chi connectivity index (χ0) is 29.8. The number of rotatable bonds is 9. The molecular formula is C36H43N5O. The van der Waals surface area contributed by atoms with Crippen LogP contribution in [0.3, 0.4) is 0 Å². The molecule has 0 saturated carbocycles. The Morgan fingerprint density at radius 2 is 1.64 bits per heavy atom. The minimum Gasteiger partial charge on any atom is -0.384 e. The number of nitrogens with zero attached hydrogens (tertiary/aromatic N) is 2. The number of piperazine rings is 1. The maximum atomic E-state index is 13.7. The number of hydrogen-bond acceptors (Lipinski definition) is 4. The van der Waals surface area contributed by atoms with Crippen molar-refractivity contribution in [1.29, 1.82) is 5.41 Å². The highest BCUT2D eigenvalue weighted by Crippen LogP contribution is 2.23. The molecule has 0 bridgehead atoms. The Morgan fingerprint density at radius 3 is 2.36 bits per heavy atom. The van der Waals surface area contributed by atoms with E-state index < -0.39 is 0 Å². The average molecular weight is 562 g/mol. The van der Waals surface area contributed by atoms with Crippen molar-refractivity contribution in [3.63, 3.8) is 0 Å². The number of nitrogen functional groups attached to an aromatic ring is 1. The first-order valence-electron chi connectivity index (χ1n) is 14.9. The van der Waals surface area contributed by atoms with E-state index in [1.165, 1.54) is 22.1 Å². The van der Waals surface area contributed by atoms with Crippen molar-refractivity contribution in [3.8, 4) is 0 Å². The van der Waals surface area contributed by atoms with Crippen LogP contribution in [-0.4, -0.2) is 59.3 Å². The van der Waals surface area contributed by atoms with E-state index in [0.717, 1.165) is 48.0 Å². The molecule has 3 atom stereocenters. The summed E-state index contributed by atoms with van der Waals surface area (Å²) in [5.41, 5.74) is 19.2. The van der Waals surface area contributed by atoms with Crippen LogP contribution in [0.4, 0.5) is 0 Å². The lowest BCUT2D eigenvalue weighted by Gasteiger charge is -2.46. The molecule has 6 nitrogen and oxygen atoms in total. The van der Waals surface area contributed by atoms with Gasteiger partial charge in [0.15, 0.2) is 0 Å². The first-order chi connectivity index (χ1) is 20.2. The van der Waals surface area contributed by atoms with Crippen LogP contribution in [-0.2, 0) is 24.1 Å². The molecule has 0 aromatic heterocycles. The predicted molar refractivity (Wildman–Crippen MR) is 173 cm³/mol. The fourth-order valence-electron chi connectivity index (χ4n) is 6.31. The normalized spacial score (nSPS) is 18.2. The molecule has 4 aromatic rings. The monoisotopic (exact) mass is 561 g/mol. The first kappa shape index (κ1) is 29.5. The summed E-state index contributed by atoms with van der Waals surface area (Å²) in [6.45, 7) is 8.62. The van der Waals surface area contributed by atoms with Gasteiger partial charge < -0.3 is 16.4 Å². The summed E-state index contributed by atoms with van der Waals surface area (Å²) < 4.78 is 0. The largest absolute Gasteiger partial charge is 0.384 e. The van der Waals surface area contributed by atoms with E-state index >= 15 is 0 Å². The Morgan fingerprint density at radius 1 is 0.929 bits per heavy atom. The molecule has 42 heavy (non-hydrogen) atoms. The number of benzene rings is 4. The summed E-state index contributed by atoms with van der Waals surface area (Å²) in [4.78, 5) is 18.3. The zero-order valence-electron chi connectivity index (χ0n) is 25.0. The van der Waals surface area contributed by atoms with Crippen LogP contribution in [0.5, 0.6) is 0 Å². The second-order valence-corrected chi connectivity index (χ2v) is 12.1. The smallest absolute Gasteiger partial charge is 0.227 e. The van der Waals surface area contributed by atoms with Crippen LogP contribution in [0.15, 0.2) is 84.9 Å². The third-order valence-corrected chi connectivity index (χ3v) is 8.63. The van der Waals surface area contributed by atoms with E-state index in [1.807, 2.05) is 36.4 Å². The predicted octanol–water partition coefficient (Wildman–Crippen LogP) is 5.00.